The number of rotatable bonds is 4. The van der Waals surface area contributed by atoms with E-state index in [9.17, 15) is 8.78 Å². The Morgan fingerprint density at radius 2 is 2.13 bits per heavy atom. The highest BCUT2D eigenvalue weighted by molar-refractivity contribution is 5.47. The fraction of sp³-hybridized carbons (Fsp3) is 0.333. The summed E-state index contributed by atoms with van der Waals surface area (Å²) in [6, 6.07) is 5.07. The van der Waals surface area contributed by atoms with Crippen LogP contribution in [0.3, 0.4) is 0 Å². The molecule has 0 atom stereocenters. The SMILES string of the molecule is C=[C]c1cccc(OC(F)F)c1C1CC1. The molecule has 79 valence electrons. The zero-order valence-corrected chi connectivity index (χ0v) is 8.17. The van der Waals surface area contributed by atoms with Gasteiger partial charge in [-0.2, -0.15) is 8.78 Å². The van der Waals surface area contributed by atoms with E-state index in [0.29, 0.717) is 5.92 Å². The fourth-order valence-corrected chi connectivity index (χ4v) is 1.69. The topological polar surface area (TPSA) is 9.23 Å². The number of hydrogen-bond donors (Lipinski definition) is 0. The molecule has 0 saturated heterocycles. The molecule has 1 aromatic carbocycles. The molecule has 0 aromatic heterocycles. The maximum Gasteiger partial charge on any atom is 0.387 e. The summed E-state index contributed by atoms with van der Waals surface area (Å²) in [5.41, 5.74) is 1.60. The van der Waals surface area contributed by atoms with Crippen LogP contribution in [0.25, 0.3) is 0 Å². The molecule has 0 amide bonds. The fourth-order valence-electron chi connectivity index (χ4n) is 1.69. The van der Waals surface area contributed by atoms with E-state index in [1.165, 1.54) is 0 Å². The molecule has 0 spiro atoms. The van der Waals surface area contributed by atoms with Gasteiger partial charge in [0.25, 0.3) is 0 Å². The molecule has 0 N–H and O–H groups in total. The molecular formula is C12H11F2O. The maximum absolute atomic E-state index is 12.2. The standard InChI is InChI=1S/C12H11F2O/c1-2-8-4-3-5-10(15-12(13)14)11(8)9-6-7-9/h3-5,9,12H,1,6-7H2. The van der Waals surface area contributed by atoms with E-state index >= 15 is 0 Å². The van der Waals surface area contributed by atoms with Crippen molar-refractivity contribution >= 4 is 0 Å². The summed E-state index contributed by atoms with van der Waals surface area (Å²) in [7, 11) is 0. The van der Waals surface area contributed by atoms with Crippen LogP contribution in [-0.2, 0) is 0 Å². The van der Waals surface area contributed by atoms with Crippen LogP contribution in [0.4, 0.5) is 8.78 Å². The first-order chi connectivity index (χ1) is 7.22. The number of halogens is 2. The van der Waals surface area contributed by atoms with Crippen molar-refractivity contribution < 1.29 is 13.5 Å². The van der Waals surface area contributed by atoms with Crippen molar-refractivity contribution in [3.8, 4) is 5.75 Å². The van der Waals surface area contributed by atoms with Crippen molar-refractivity contribution in [3.05, 3.63) is 42.0 Å². The van der Waals surface area contributed by atoms with Crippen LogP contribution in [0, 0.1) is 6.08 Å². The molecule has 1 fully saturated rings. The summed E-state index contributed by atoms with van der Waals surface area (Å²) in [4.78, 5) is 0. The summed E-state index contributed by atoms with van der Waals surface area (Å²) in [6.45, 7) is 0.779. The summed E-state index contributed by atoms with van der Waals surface area (Å²) < 4.78 is 28.8. The second-order valence-electron chi connectivity index (χ2n) is 3.55. The third-order valence-corrected chi connectivity index (χ3v) is 2.46. The summed E-state index contributed by atoms with van der Waals surface area (Å²) >= 11 is 0. The maximum atomic E-state index is 12.2. The van der Waals surface area contributed by atoms with E-state index in [1.807, 2.05) is 6.07 Å². The average molecular weight is 209 g/mol. The van der Waals surface area contributed by atoms with Gasteiger partial charge >= 0.3 is 6.61 Å². The molecule has 1 saturated carbocycles. The van der Waals surface area contributed by atoms with Crippen LogP contribution < -0.4 is 4.74 Å². The van der Waals surface area contributed by atoms with Crippen molar-refractivity contribution in [2.45, 2.75) is 25.4 Å². The van der Waals surface area contributed by atoms with Crippen LogP contribution in [0.5, 0.6) is 5.75 Å². The van der Waals surface area contributed by atoms with Gasteiger partial charge in [0.1, 0.15) is 5.75 Å². The van der Waals surface area contributed by atoms with E-state index in [1.54, 1.807) is 12.1 Å². The Hall–Kier alpha value is -1.38. The van der Waals surface area contributed by atoms with Gasteiger partial charge in [-0.25, -0.2) is 0 Å². The second kappa shape index (κ2) is 4.01. The highest BCUT2D eigenvalue weighted by Crippen LogP contribution is 2.46. The Bertz CT molecular complexity index is 370. The predicted molar refractivity (Wildman–Crippen MR) is 53.0 cm³/mol. The molecule has 2 rings (SSSR count). The molecule has 1 aliphatic carbocycles. The van der Waals surface area contributed by atoms with Gasteiger partial charge in [0.05, 0.1) is 0 Å². The minimum atomic E-state index is -2.78. The molecule has 1 nitrogen and oxygen atoms in total. The van der Waals surface area contributed by atoms with Crippen molar-refractivity contribution in [1.29, 1.82) is 0 Å². The average Bonchev–Trinajstić information content (AvgIpc) is 3.00. The smallest absolute Gasteiger partial charge is 0.387 e. The minimum Gasteiger partial charge on any atom is -0.435 e. The molecule has 0 heterocycles. The van der Waals surface area contributed by atoms with Crippen molar-refractivity contribution in [1.82, 2.24) is 0 Å². The normalized spacial score (nSPS) is 15.4. The van der Waals surface area contributed by atoms with Gasteiger partial charge in [0.2, 0.25) is 0 Å². The number of alkyl halides is 2. The number of hydrogen-bond acceptors (Lipinski definition) is 1. The van der Waals surface area contributed by atoms with E-state index in [-0.39, 0.29) is 5.75 Å². The van der Waals surface area contributed by atoms with E-state index < -0.39 is 6.61 Å². The lowest BCUT2D eigenvalue weighted by molar-refractivity contribution is -0.0504. The first-order valence-electron chi connectivity index (χ1n) is 4.83. The van der Waals surface area contributed by atoms with Crippen LogP contribution in [0.2, 0.25) is 0 Å². The van der Waals surface area contributed by atoms with Crippen LogP contribution in [0.1, 0.15) is 29.9 Å². The monoisotopic (exact) mass is 209 g/mol. The third kappa shape index (κ3) is 2.17. The number of benzene rings is 1. The summed E-state index contributed by atoms with van der Waals surface area (Å²) in [5, 5.41) is 0. The Morgan fingerprint density at radius 3 is 2.67 bits per heavy atom. The Kier molecular flexibility index (Phi) is 2.71. The third-order valence-electron chi connectivity index (χ3n) is 2.46. The van der Waals surface area contributed by atoms with Gasteiger partial charge in [-0.15, -0.1) is 0 Å². The van der Waals surface area contributed by atoms with Gasteiger partial charge < -0.3 is 4.74 Å². The lowest BCUT2D eigenvalue weighted by Gasteiger charge is -2.12. The van der Waals surface area contributed by atoms with Crippen molar-refractivity contribution in [2.24, 2.45) is 0 Å². The molecule has 0 aliphatic heterocycles. The first-order valence-corrected chi connectivity index (χ1v) is 4.83. The van der Waals surface area contributed by atoms with Gasteiger partial charge in [0.15, 0.2) is 0 Å². The van der Waals surface area contributed by atoms with Crippen LogP contribution in [-0.4, -0.2) is 6.61 Å². The second-order valence-corrected chi connectivity index (χ2v) is 3.55. The molecule has 0 unspecified atom stereocenters. The summed E-state index contributed by atoms with van der Waals surface area (Å²) in [6.07, 6.45) is 4.81. The van der Waals surface area contributed by atoms with Crippen LogP contribution >= 0.6 is 0 Å². The van der Waals surface area contributed by atoms with Gasteiger partial charge in [0, 0.05) is 5.56 Å². The Morgan fingerprint density at radius 1 is 1.40 bits per heavy atom. The van der Waals surface area contributed by atoms with Gasteiger partial charge in [-0.3, -0.25) is 0 Å². The lowest BCUT2D eigenvalue weighted by Crippen LogP contribution is -2.05. The number of ether oxygens (including phenoxy) is 1. The molecule has 1 aliphatic rings. The van der Waals surface area contributed by atoms with E-state index in [0.717, 1.165) is 24.0 Å². The Balaban J connectivity index is 2.38. The quantitative estimate of drug-likeness (QED) is 0.737. The zero-order valence-electron chi connectivity index (χ0n) is 8.17. The predicted octanol–water partition coefficient (Wildman–Crippen LogP) is 3.50. The highest BCUT2D eigenvalue weighted by atomic mass is 19.3. The Labute approximate surface area is 87.4 Å². The first kappa shape index (κ1) is 10.1. The largest absolute Gasteiger partial charge is 0.435 e. The molecular weight excluding hydrogens is 198 g/mol. The molecule has 15 heavy (non-hydrogen) atoms. The molecule has 1 aromatic rings. The van der Waals surface area contributed by atoms with E-state index in [2.05, 4.69) is 17.4 Å². The lowest BCUT2D eigenvalue weighted by atomic mass is 10.0. The van der Waals surface area contributed by atoms with Gasteiger partial charge in [-0.1, -0.05) is 18.7 Å². The zero-order chi connectivity index (χ0) is 10.8. The minimum absolute atomic E-state index is 0.265. The highest BCUT2D eigenvalue weighted by Gasteiger charge is 2.29. The summed E-state index contributed by atoms with van der Waals surface area (Å²) in [5.74, 6) is 0.602. The van der Waals surface area contributed by atoms with Crippen LogP contribution in [0.15, 0.2) is 24.8 Å². The molecule has 0 bridgehead atoms. The molecule has 3 heteroatoms. The van der Waals surface area contributed by atoms with Crippen molar-refractivity contribution in [2.75, 3.05) is 0 Å². The van der Waals surface area contributed by atoms with E-state index in [4.69, 9.17) is 0 Å². The molecule has 1 radical (unpaired) electrons. The van der Waals surface area contributed by atoms with Crippen molar-refractivity contribution in [3.63, 3.8) is 0 Å². The van der Waals surface area contributed by atoms with Gasteiger partial charge in [-0.05, 0) is 36.5 Å².